The highest BCUT2D eigenvalue weighted by atomic mass is 19.4. The lowest BCUT2D eigenvalue weighted by Gasteiger charge is -2.24. The molecule has 1 amide bonds. The van der Waals surface area contributed by atoms with Gasteiger partial charge in [-0.25, -0.2) is 9.37 Å². The number of methoxy groups -OCH3 is 1. The number of alkyl halides is 3. The van der Waals surface area contributed by atoms with Crippen LogP contribution in [-0.2, 0) is 28.8 Å². The van der Waals surface area contributed by atoms with Gasteiger partial charge in [0.1, 0.15) is 29.2 Å². The van der Waals surface area contributed by atoms with Crippen LogP contribution in [0.2, 0.25) is 0 Å². The molecule has 0 radical (unpaired) electrons. The molecule has 4 rings (SSSR count). The molecular weight excluding hydrogens is 530 g/mol. The smallest absolute Gasteiger partial charge is 0.419 e. The fourth-order valence-electron chi connectivity index (χ4n) is 4.81. The molecule has 11 heteroatoms. The molecule has 1 N–H and O–H groups in total. The van der Waals surface area contributed by atoms with Crippen LogP contribution in [0.4, 0.5) is 17.6 Å². The maximum Gasteiger partial charge on any atom is 0.419 e. The first-order chi connectivity index (χ1) is 19.0. The second-order valence-electron chi connectivity index (χ2n) is 9.99. The van der Waals surface area contributed by atoms with E-state index < -0.39 is 23.5 Å². The molecule has 1 unspecified atom stereocenters. The van der Waals surface area contributed by atoms with Gasteiger partial charge in [-0.05, 0) is 54.7 Å². The number of carbonyl (C=O) groups is 2. The Kier molecular flexibility index (Phi) is 8.80. The summed E-state index contributed by atoms with van der Waals surface area (Å²) in [6.45, 7) is 4.13. The van der Waals surface area contributed by atoms with Gasteiger partial charge in [-0.15, -0.1) is 0 Å². The van der Waals surface area contributed by atoms with Gasteiger partial charge in [-0.3, -0.25) is 9.59 Å². The highest BCUT2D eigenvalue weighted by Crippen LogP contribution is 2.36. The molecule has 1 aliphatic heterocycles. The number of amides is 1. The third-order valence-electron chi connectivity index (χ3n) is 6.79. The Morgan fingerprint density at radius 1 is 1.20 bits per heavy atom. The van der Waals surface area contributed by atoms with Crippen LogP contribution in [0.1, 0.15) is 72.8 Å². The number of hydrogen-bond donors (Lipinski definition) is 1. The van der Waals surface area contributed by atoms with Crippen molar-refractivity contribution >= 4 is 11.9 Å². The van der Waals surface area contributed by atoms with Crippen LogP contribution in [0.3, 0.4) is 0 Å². The van der Waals surface area contributed by atoms with Crippen molar-refractivity contribution in [2.45, 2.75) is 70.8 Å². The topological polar surface area (TPSA) is 82.5 Å². The summed E-state index contributed by atoms with van der Waals surface area (Å²) in [4.78, 5) is 29.7. The monoisotopic (exact) mass is 561 g/mol. The van der Waals surface area contributed by atoms with Crippen LogP contribution in [0.5, 0.6) is 5.75 Å². The zero-order chi connectivity index (χ0) is 29.0. The number of cyclic esters (lactones) is 1. The average Bonchev–Trinajstić information content (AvgIpc) is 3.30. The van der Waals surface area contributed by atoms with Gasteiger partial charge < -0.3 is 19.4 Å². The van der Waals surface area contributed by atoms with Crippen LogP contribution in [0.25, 0.3) is 11.4 Å². The van der Waals surface area contributed by atoms with Crippen LogP contribution in [-0.4, -0.2) is 34.6 Å². The maximum absolute atomic E-state index is 14.1. The van der Waals surface area contributed by atoms with Gasteiger partial charge >= 0.3 is 12.1 Å². The Hall–Kier alpha value is -3.89. The van der Waals surface area contributed by atoms with E-state index >= 15 is 0 Å². The molecule has 7 nitrogen and oxygen atoms in total. The summed E-state index contributed by atoms with van der Waals surface area (Å²) in [6, 6.07) is 9.80. The van der Waals surface area contributed by atoms with Crippen molar-refractivity contribution in [2.75, 3.05) is 7.11 Å². The molecule has 3 aromatic rings. The van der Waals surface area contributed by atoms with Crippen LogP contribution < -0.4 is 10.1 Å². The predicted molar refractivity (Wildman–Crippen MR) is 139 cm³/mol. The van der Waals surface area contributed by atoms with Gasteiger partial charge in [0.05, 0.1) is 18.4 Å². The molecule has 0 bridgehead atoms. The van der Waals surface area contributed by atoms with Crippen molar-refractivity contribution in [3.05, 3.63) is 70.8 Å². The molecule has 2 heterocycles. The Labute approximate surface area is 229 Å². The number of aromatic nitrogens is 2. The number of carbonyl (C=O) groups excluding carboxylic acids is 2. The van der Waals surface area contributed by atoms with Crippen LogP contribution >= 0.6 is 0 Å². The van der Waals surface area contributed by atoms with E-state index in [1.165, 1.54) is 6.07 Å². The number of benzene rings is 2. The lowest BCUT2D eigenvalue weighted by molar-refractivity contribution is -0.154. The molecule has 2 aromatic carbocycles. The van der Waals surface area contributed by atoms with Crippen molar-refractivity contribution < 1.29 is 36.6 Å². The Balaban J connectivity index is 1.72. The minimum atomic E-state index is -4.91. The Bertz CT molecular complexity index is 1370. The predicted octanol–water partition coefficient (Wildman–Crippen LogP) is 6.26. The van der Waals surface area contributed by atoms with E-state index in [0.717, 1.165) is 11.6 Å². The summed E-state index contributed by atoms with van der Waals surface area (Å²) in [5, 5.41) is 2.83. The molecule has 1 aliphatic rings. The fourth-order valence-corrected chi connectivity index (χ4v) is 4.81. The van der Waals surface area contributed by atoms with Gasteiger partial charge in [0, 0.05) is 31.5 Å². The van der Waals surface area contributed by atoms with Crippen molar-refractivity contribution in [3.8, 4) is 17.1 Å². The van der Waals surface area contributed by atoms with E-state index in [1.807, 2.05) is 13.8 Å². The molecule has 1 fully saturated rings. The van der Waals surface area contributed by atoms with Gasteiger partial charge in [-0.2, -0.15) is 13.2 Å². The van der Waals surface area contributed by atoms with E-state index in [-0.39, 0.29) is 48.2 Å². The Morgan fingerprint density at radius 2 is 1.93 bits per heavy atom. The first-order valence-electron chi connectivity index (χ1n) is 13.1. The zero-order valence-corrected chi connectivity index (χ0v) is 22.5. The van der Waals surface area contributed by atoms with Gasteiger partial charge in [-0.1, -0.05) is 26.0 Å². The SMILES string of the molecule is COc1ccc(CNC(=O)c2nc(-c3ccc(F)c(C(F)(F)F)c3)n(CCC3CCCC(=O)O3)c2C(C)C)cc1. The van der Waals surface area contributed by atoms with E-state index in [0.29, 0.717) is 43.2 Å². The average molecular weight is 562 g/mol. The molecule has 0 spiro atoms. The van der Waals surface area contributed by atoms with Crippen molar-refractivity contribution in [1.29, 1.82) is 0 Å². The standard InChI is InChI=1S/C29H31F4N3O4/c1-17(2)26-25(28(38)34-16-18-7-10-20(39-3)11-8-18)35-27(19-9-12-23(30)22(15-19)29(31,32)33)36(26)14-13-21-5-4-6-24(37)40-21/h7-12,15,17,21H,4-6,13-14,16H2,1-3H3,(H,34,38). The summed E-state index contributed by atoms with van der Waals surface area (Å²) in [5.74, 6) is -1.66. The van der Waals surface area contributed by atoms with E-state index in [9.17, 15) is 27.2 Å². The molecule has 1 atom stereocenters. The first kappa shape index (κ1) is 29.1. The van der Waals surface area contributed by atoms with E-state index in [1.54, 1.807) is 35.9 Å². The zero-order valence-electron chi connectivity index (χ0n) is 22.5. The maximum atomic E-state index is 14.1. The van der Waals surface area contributed by atoms with Gasteiger partial charge in [0.25, 0.3) is 5.91 Å². The largest absolute Gasteiger partial charge is 0.497 e. The summed E-state index contributed by atoms with van der Waals surface area (Å²) < 4.78 is 67.0. The Morgan fingerprint density at radius 3 is 2.55 bits per heavy atom. The molecule has 0 saturated carbocycles. The molecule has 214 valence electrons. The fraction of sp³-hybridized carbons (Fsp3) is 0.414. The van der Waals surface area contributed by atoms with Crippen LogP contribution in [0.15, 0.2) is 42.5 Å². The van der Waals surface area contributed by atoms with Crippen molar-refractivity contribution in [1.82, 2.24) is 14.9 Å². The van der Waals surface area contributed by atoms with Crippen molar-refractivity contribution in [2.24, 2.45) is 0 Å². The molecule has 1 aromatic heterocycles. The number of esters is 1. The minimum Gasteiger partial charge on any atom is -0.497 e. The van der Waals surface area contributed by atoms with Gasteiger partial charge in [0.2, 0.25) is 0 Å². The number of ether oxygens (including phenoxy) is 2. The molecule has 0 aliphatic carbocycles. The van der Waals surface area contributed by atoms with E-state index in [4.69, 9.17) is 9.47 Å². The highest BCUT2D eigenvalue weighted by molar-refractivity contribution is 5.94. The molecular formula is C29H31F4N3O4. The van der Waals surface area contributed by atoms with Gasteiger partial charge in [0.15, 0.2) is 0 Å². The number of imidazole rings is 1. The number of rotatable bonds is 9. The minimum absolute atomic E-state index is 0.0190. The number of hydrogen-bond acceptors (Lipinski definition) is 5. The summed E-state index contributed by atoms with van der Waals surface area (Å²) in [5.41, 5.74) is -0.00510. The number of halogens is 4. The third kappa shape index (κ3) is 6.63. The first-order valence-corrected chi connectivity index (χ1v) is 13.1. The van der Waals surface area contributed by atoms with Crippen molar-refractivity contribution in [3.63, 3.8) is 0 Å². The summed E-state index contributed by atoms with van der Waals surface area (Å²) >= 11 is 0. The second-order valence-corrected chi connectivity index (χ2v) is 9.99. The summed E-state index contributed by atoms with van der Waals surface area (Å²) in [6.07, 6.45) is -3.19. The lowest BCUT2D eigenvalue weighted by atomic mass is 10.0. The molecule has 40 heavy (non-hydrogen) atoms. The lowest BCUT2D eigenvalue weighted by Crippen LogP contribution is -2.26. The quantitative estimate of drug-likeness (QED) is 0.247. The number of nitrogens with one attached hydrogen (secondary N) is 1. The normalized spacial score (nSPS) is 15.7. The third-order valence-corrected chi connectivity index (χ3v) is 6.79. The highest BCUT2D eigenvalue weighted by Gasteiger charge is 2.35. The molecule has 1 saturated heterocycles. The summed E-state index contributed by atoms with van der Waals surface area (Å²) in [7, 11) is 1.55. The number of nitrogens with zero attached hydrogens (tertiary/aromatic N) is 2. The van der Waals surface area contributed by atoms with E-state index in [2.05, 4.69) is 10.3 Å². The second kappa shape index (κ2) is 12.1. The van der Waals surface area contributed by atoms with Crippen LogP contribution in [0, 0.1) is 5.82 Å².